The topological polar surface area (TPSA) is 409 Å². The molecule has 16 heterocycles. The first-order valence-electron chi connectivity index (χ1n) is 43.8. The summed E-state index contributed by atoms with van der Waals surface area (Å²) in [5.41, 5.74) is 14.1. The number of rotatable bonds is 15. The van der Waals surface area contributed by atoms with Gasteiger partial charge in [-0.25, -0.2) is 56.2 Å². The fourth-order valence-corrected chi connectivity index (χ4v) is 18.9. The SMILES string of the molecule is CN(C)C1CCC(Nc2ccn(-c3cc(-c4c(F)cccc4C#N)nc4c3C(=O)NC4)n2)CC1.N#Cc1cccc(F)c1-c1cc(-n2ccc(N3CCC(N4CCCC4)CC3)n2)c2c(n1)CNC2=O.N#Cc1cccc(F)c1-c1cc(-n2ccc(N3CCCC(N)C3)n2)c2c(n1)CNC2=O.N#Cc1cccc(F)c1-c1cc(-n2ccc(N3CCC[C@@H](O)C3)n2)c2c(n1)CNC2=O. The Morgan fingerprint density at radius 1 is 0.412 bits per heavy atom. The van der Waals surface area contributed by atoms with Crippen molar-refractivity contribution < 1.29 is 41.8 Å². The van der Waals surface area contributed by atoms with E-state index >= 15 is 0 Å². The number of nitrogens with zero attached hydrogens (tertiary/aromatic N) is 21. The van der Waals surface area contributed by atoms with E-state index in [1.807, 2.05) is 59.6 Å². The maximum atomic E-state index is 14.8. The zero-order chi connectivity index (χ0) is 90.8. The highest BCUT2D eigenvalue weighted by Gasteiger charge is 2.36. The number of aliphatic hydroxyl groups is 1. The number of carbonyl (C=O) groups excluding carboxylic acids is 4. The Labute approximate surface area is 750 Å². The van der Waals surface area contributed by atoms with Gasteiger partial charge in [0.2, 0.25) is 0 Å². The van der Waals surface area contributed by atoms with Crippen molar-refractivity contribution >= 4 is 46.9 Å². The Balaban J connectivity index is 0.000000117. The van der Waals surface area contributed by atoms with Gasteiger partial charge in [0.05, 0.1) is 192 Å². The van der Waals surface area contributed by atoms with Crippen molar-refractivity contribution in [2.24, 2.45) is 5.73 Å². The van der Waals surface area contributed by atoms with Crippen molar-refractivity contribution in [3.8, 4) is 92.1 Å². The van der Waals surface area contributed by atoms with Gasteiger partial charge < -0.3 is 61.9 Å². The number of carbonyl (C=O) groups is 4. The molecular formula is C95H91F4N27O5. The summed E-state index contributed by atoms with van der Waals surface area (Å²) < 4.78 is 65.3. The minimum Gasteiger partial charge on any atom is -0.391 e. The number of halogens is 4. The molecule has 1 saturated carbocycles. The standard InChI is InChI=1S/C26H26FN7O.C25H26FN7O.C22H20FN7O.C22H19FN6O2/c27-19-5-3-4-17(15-28)24(19)20-14-22(25-21(30-20)16-29-26(25)35)34-13-8-23(31-34)33-11-6-18(7-12-33)32-9-1-2-10-32;1-32(2)17-8-6-16(7-9-17)29-22-10-11-33(31-22)21-12-19(30-20-14-28-25(34)24(20)21)23-15(13-27)4-3-5-18(23)26;23-15-5-1-3-13(10-24)20(15)16-9-18(21-17(27-16)11-26-22(21)31)30-8-6-19(28-30)29-7-2-4-14(25)12-29;23-15-5-1-3-13(10-24)20(15)16-9-18(21-17(26-16)11-25-22(21)31)29-8-6-19(27-29)28-7-2-4-14(30)12-28/h3-5,8,13-14,18H,1-2,6-7,9-12,16H2,(H,29,35);3-5,10-12,16-17H,6-9,14H2,1-2H3,(H,28,34)(H,29,31);1,3,5-6,8-9,14H,2,4,7,11-12,25H2,(H,26,31);1,3,5-6,8-9,14,30H,2,4,7,11-12H2,(H,25,31)/t;;;14-/m...1/s1. The van der Waals surface area contributed by atoms with E-state index in [-0.39, 0.29) is 112 Å². The molecule has 4 aromatic carbocycles. The molecule has 4 amide bonds. The number of piperidine rings is 3. The van der Waals surface area contributed by atoms with E-state index in [0.717, 1.165) is 114 Å². The Morgan fingerprint density at radius 3 is 1.12 bits per heavy atom. The van der Waals surface area contributed by atoms with Gasteiger partial charge >= 0.3 is 0 Å². The highest BCUT2D eigenvalue weighted by atomic mass is 19.1. The zero-order valence-corrected chi connectivity index (χ0v) is 71.8. The monoisotopic (exact) mass is 1770 g/mol. The number of hydrogen-bond acceptors (Lipinski definition) is 24. The largest absolute Gasteiger partial charge is 0.391 e. The lowest BCUT2D eigenvalue weighted by Gasteiger charge is -2.36. The number of amides is 4. The van der Waals surface area contributed by atoms with Gasteiger partial charge in [-0.15, -0.1) is 0 Å². The molecule has 12 aromatic rings. The van der Waals surface area contributed by atoms with E-state index in [2.05, 4.69) is 95.5 Å². The number of fused-ring (bicyclic) bond motifs is 4. The Morgan fingerprint density at radius 2 is 0.763 bits per heavy atom. The Kier molecular flexibility index (Phi) is 24.7. The second kappa shape index (κ2) is 37.3. The molecule has 4 saturated heterocycles. The summed E-state index contributed by atoms with van der Waals surface area (Å²) in [6, 6.07) is 41.2. The van der Waals surface area contributed by atoms with Gasteiger partial charge in [-0.1, -0.05) is 24.3 Å². The number of β-amino-alcohol motifs (C(OH)–C–C–N with tert-alkyl or cyclic N) is 1. The summed E-state index contributed by atoms with van der Waals surface area (Å²) in [6.45, 7) is 8.14. The molecule has 0 spiro atoms. The fraction of sp³-hybridized carbons (Fsp3) is 0.326. The summed E-state index contributed by atoms with van der Waals surface area (Å²) in [4.78, 5) is 79.5. The smallest absolute Gasteiger partial charge is 0.255 e. The first-order valence-corrected chi connectivity index (χ1v) is 43.8. The molecule has 1 aliphatic carbocycles. The van der Waals surface area contributed by atoms with Crippen molar-refractivity contribution in [1.29, 1.82) is 21.0 Å². The number of pyridine rings is 4. The summed E-state index contributed by atoms with van der Waals surface area (Å²) in [7, 11) is 4.25. The number of hydrogen-bond donors (Lipinski definition) is 7. The minimum absolute atomic E-state index is 0.0972. The number of likely N-dealkylation sites (tertiary alicyclic amines) is 1. The first-order chi connectivity index (χ1) is 63.7. The van der Waals surface area contributed by atoms with Crippen LogP contribution < -0.4 is 47.0 Å². The van der Waals surface area contributed by atoms with E-state index in [9.17, 15) is 62.9 Å². The number of nitrogens with two attached hydrogens (primary N) is 1. The van der Waals surface area contributed by atoms with Crippen LogP contribution in [-0.4, -0.2) is 194 Å². The Bertz CT molecular complexity index is 6460. The molecular weight excluding hydrogens is 1680 g/mol. The van der Waals surface area contributed by atoms with Gasteiger partial charge in [-0.2, -0.15) is 41.4 Å². The third-order valence-corrected chi connectivity index (χ3v) is 25.5. The van der Waals surface area contributed by atoms with Crippen LogP contribution in [0.5, 0.6) is 0 Å². The van der Waals surface area contributed by atoms with Crippen molar-refractivity contribution in [1.82, 2.24) is 90.1 Å². The number of anilines is 4. The van der Waals surface area contributed by atoms with E-state index in [1.165, 1.54) is 80.5 Å². The average Bonchev–Trinajstić information content (AvgIpc) is 1.64. The molecule has 5 fully saturated rings. The average molecular weight is 1770 g/mol. The van der Waals surface area contributed by atoms with E-state index in [1.54, 1.807) is 79.8 Å². The van der Waals surface area contributed by atoms with Crippen molar-refractivity contribution in [3.05, 3.63) is 237 Å². The molecule has 1 unspecified atom stereocenters. The van der Waals surface area contributed by atoms with Crippen LogP contribution in [0.2, 0.25) is 0 Å². The molecule has 0 bridgehead atoms. The summed E-state index contributed by atoms with van der Waals surface area (Å²) in [5.74, 6) is -0.127. The van der Waals surface area contributed by atoms with Crippen LogP contribution in [0.25, 0.3) is 67.8 Å². The van der Waals surface area contributed by atoms with Crippen LogP contribution in [0.4, 0.5) is 40.8 Å². The third-order valence-electron chi connectivity index (χ3n) is 25.5. The predicted octanol–water partition coefficient (Wildman–Crippen LogP) is 11.0. The lowest BCUT2D eigenvalue weighted by Crippen LogP contribution is -2.44. The van der Waals surface area contributed by atoms with E-state index in [0.29, 0.717) is 110 Å². The second-order valence-corrected chi connectivity index (χ2v) is 33.9. The van der Waals surface area contributed by atoms with Gasteiger partial charge in [0.25, 0.3) is 23.6 Å². The van der Waals surface area contributed by atoms with Crippen molar-refractivity contribution in [3.63, 3.8) is 0 Å². The van der Waals surface area contributed by atoms with Gasteiger partial charge in [0.15, 0.2) is 17.5 Å². The number of benzene rings is 4. The zero-order valence-electron chi connectivity index (χ0n) is 71.8. The molecule has 8 N–H and O–H groups in total. The van der Waals surface area contributed by atoms with E-state index in [4.69, 9.17) is 10.8 Å². The number of aliphatic hydroxyl groups excluding tert-OH is 1. The number of aromatic nitrogens is 12. The van der Waals surface area contributed by atoms with Gasteiger partial charge in [-0.3, -0.25) is 19.2 Å². The van der Waals surface area contributed by atoms with Crippen LogP contribution in [-0.2, 0) is 26.2 Å². The molecule has 664 valence electrons. The second-order valence-electron chi connectivity index (χ2n) is 33.9. The quantitative estimate of drug-likeness (QED) is 0.0469. The highest BCUT2D eigenvalue weighted by Crippen LogP contribution is 2.39. The number of nitrogens with one attached hydrogen (secondary N) is 5. The summed E-state index contributed by atoms with van der Waals surface area (Å²) in [5, 5.41) is 81.2. The maximum absolute atomic E-state index is 14.8. The molecule has 9 aliphatic rings. The molecule has 36 heteroatoms. The van der Waals surface area contributed by atoms with Crippen LogP contribution in [0, 0.1) is 68.6 Å². The lowest BCUT2D eigenvalue weighted by molar-refractivity contribution is 0.0957. The van der Waals surface area contributed by atoms with Gasteiger partial charge in [-0.05, 0) is 177 Å². The summed E-state index contributed by atoms with van der Waals surface area (Å²) >= 11 is 0. The van der Waals surface area contributed by atoms with Gasteiger partial charge in [0.1, 0.15) is 29.1 Å². The normalized spacial score (nSPS) is 18.5. The van der Waals surface area contributed by atoms with Crippen LogP contribution >= 0.6 is 0 Å². The molecule has 2 atom stereocenters. The first kappa shape index (κ1) is 86.7. The fourth-order valence-electron chi connectivity index (χ4n) is 18.9. The third kappa shape index (κ3) is 17.7. The molecule has 8 aliphatic heterocycles. The lowest BCUT2D eigenvalue weighted by atomic mass is 9.90. The molecule has 21 rings (SSSR count). The van der Waals surface area contributed by atoms with Crippen LogP contribution in [0.15, 0.2) is 146 Å². The van der Waals surface area contributed by atoms with Crippen LogP contribution in [0.3, 0.4) is 0 Å². The molecule has 131 heavy (non-hydrogen) atoms. The highest BCUT2D eigenvalue weighted by molar-refractivity contribution is 6.04. The minimum atomic E-state index is -0.557. The van der Waals surface area contributed by atoms with E-state index < -0.39 is 29.4 Å². The Hall–Kier alpha value is -15.1. The van der Waals surface area contributed by atoms with Crippen molar-refractivity contribution in [2.75, 3.05) is 86.5 Å². The maximum Gasteiger partial charge on any atom is 0.255 e. The van der Waals surface area contributed by atoms with Crippen molar-refractivity contribution in [2.45, 2.75) is 134 Å². The number of nitriles is 4. The van der Waals surface area contributed by atoms with Gasteiger partial charge in [0, 0.05) is 112 Å². The molecule has 32 nitrogen and oxygen atoms in total. The van der Waals surface area contributed by atoms with Crippen LogP contribution in [0.1, 0.15) is 164 Å². The molecule has 8 aromatic heterocycles. The predicted molar refractivity (Wildman–Crippen MR) is 477 cm³/mol. The summed E-state index contributed by atoms with van der Waals surface area (Å²) in [6.07, 6.45) is 19.6. The molecule has 0 radical (unpaired) electrons.